The number of hydrogen-bond donors (Lipinski definition) is 1. The van der Waals surface area contributed by atoms with Gasteiger partial charge in [-0.2, -0.15) is 0 Å². The second-order valence-electron chi connectivity index (χ2n) is 7.92. The van der Waals surface area contributed by atoms with Crippen molar-refractivity contribution in [3.63, 3.8) is 0 Å². The van der Waals surface area contributed by atoms with E-state index in [4.69, 9.17) is 17.3 Å². The molecule has 6 heteroatoms. The van der Waals surface area contributed by atoms with Crippen LogP contribution in [0.2, 0.25) is 5.02 Å². The van der Waals surface area contributed by atoms with E-state index >= 15 is 0 Å². The summed E-state index contributed by atoms with van der Waals surface area (Å²) in [5.74, 6) is 0.115. The van der Waals surface area contributed by atoms with Crippen LogP contribution in [0.3, 0.4) is 0 Å². The lowest BCUT2D eigenvalue weighted by Crippen LogP contribution is -2.35. The van der Waals surface area contributed by atoms with Gasteiger partial charge in [-0.05, 0) is 48.9 Å². The first-order valence-corrected chi connectivity index (χ1v) is 10.4. The molecule has 29 heavy (non-hydrogen) atoms. The number of benzene rings is 2. The molecule has 2 aromatic rings. The fraction of sp³-hybridized carbons (Fsp3) is 0.348. The summed E-state index contributed by atoms with van der Waals surface area (Å²) in [6.45, 7) is 4.44. The average molecular weight is 411 g/mol. The number of carbonyl (C=O) groups excluding carboxylic acids is 2. The molecule has 2 saturated heterocycles. The van der Waals surface area contributed by atoms with Crippen LogP contribution < -0.4 is 5.73 Å². The fourth-order valence-corrected chi connectivity index (χ4v) is 4.80. The number of likely N-dealkylation sites (tertiary alicyclic amines) is 2. The Kier molecular flexibility index (Phi) is 5.88. The molecule has 2 aromatic carbocycles. The standard InChI is InChI=1S/C23H25ClN3O2/c24-20-10-4-9-19(22(25)28)21(20)23(29)27-14-17-12-26(13-18(17)15-27)11-5-8-16-6-2-1-3-7-16/h1-4,6-10,17-18H,5,11-15H2,(H2,25,28)/t17-,18?/m0/s1. The zero-order valence-electron chi connectivity index (χ0n) is 16.3. The van der Waals surface area contributed by atoms with Crippen LogP contribution in [0.25, 0.3) is 0 Å². The van der Waals surface area contributed by atoms with E-state index in [-0.39, 0.29) is 22.1 Å². The number of nitrogens with two attached hydrogens (primary N) is 1. The summed E-state index contributed by atoms with van der Waals surface area (Å²) in [5.41, 5.74) is 7.12. The van der Waals surface area contributed by atoms with Gasteiger partial charge in [0.25, 0.3) is 5.91 Å². The molecule has 2 aliphatic heterocycles. The topological polar surface area (TPSA) is 66.6 Å². The SMILES string of the molecule is NC(=O)c1cccc(Cl)c1C(=O)N1CC2CN(CC[CH]c3ccccc3)C[C@H]2C1. The largest absolute Gasteiger partial charge is 0.366 e. The number of hydrogen-bond acceptors (Lipinski definition) is 3. The first-order chi connectivity index (χ1) is 14.0. The third-order valence-electron chi connectivity index (χ3n) is 5.97. The lowest BCUT2D eigenvalue weighted by molar-refractivity contribution is 0.0769. The molecule has 151 valence electrons. The van der Waals surface area contributed by atoms with E-state index in [0.717, 1.165) is 26.1 Å². The molecule has 2 amide bonds. The van der Waals surface area contributed by atoms with Gasteiger partial charge in [0.15, 0.2) is 0 Å². The summed E-state index contributed by atoms with van der Waals surface area (Å²) in [7, 11) is 0. The summed E-state index contributed by atoms with van der Waals surface area (Å²) in [6, 6.07) is 15.2. The van der Waals surface area contributed by atoms with Crippen LogP contribution in [0.5, 0.6) is 0 Å². The average Bonchev–Trinajstić information content (AvgIpc) is 3.27. The zero-order valence-corrected chi connectivity index (χ0v) is 17.0. The maximum Gasteiger partial charge on any atom is 0.256 e. The van der Waals surface area contributed by atoms with E-state index in [1.54, 1.807) is 18.2 Å². The number of amides is 2. The summed E-state index contributed by atoms with van der Waals surface area (Å²) in [4.78, 5) is 29.1. The lowest BCUT2D eigenvalue weighted by Gasteiger charge is -2.22. The van der Waals surface area contributed by atoms with Gasteiger partial charge in [0.05, 0.1) is 16.1 Å². The summed E-state index contributed by atoms with van der Waals surface area (Å²) in [5, 5.41) is 0.279. The smallest absolute Gasteiger partial charge is 0.256 e. The van der Waals surface area contributed by atoms with Gasteiger partial charge in [-0.15, -0.1) is 0 Å². The Morgan fingerprint density at radius 3 is 2.34 bits per heavy atom. The van der Waals surface area contributed by atoms with E-state index in [1.807, 2.05) is 11.0 Å². The molecule has 1 radical (unpaired) electrons. The Morgan fingerprint density at radius 2 is 1.69 bits per heavy atom. The van der Waals surface area contributed by atoms with Crippen LogP contribution in [0.4, 0.5) is 0 Å². The first-order valence-electron chi connectivity index (χ1n) is 10.0. The Labute approximate surface area is 176 Å². The molecule has 0 aromatic heterocycles. The first kappa shape index (κ1) is 19.9. The highest BCUT2D eigenvalue weighted by Crippen LogP contribution is 2.33. The Bertz CT molecular complexity index is 888. The van der Waals surface area contributed by atoms with Gasteiger partial charge in [0.2, 0.25) is 5.91 Å². The number of nitrogens with zero attached hydrogens (tertiary/aromatic N) is 2. The quantitative estimate of drug-likeness (QED) is 0.795. The highest BCUT2D eigenvalue weighted by molar-refractivity contribution is 6.34. The van der Waals surface area contributed by atoms with Crippen molar-refractivity contribution in [3.8, 4) is 0 Å². The van der Waals surface area contributed by atoms with E-state index in [2.05, 4.69) is 35.6 Å². The van der Waals surface area contributed by atoms with Crippen molar-refractivity contribution in [2.24, 2.45) is 17.6 Å². The number of primary amides is 1. The molecule has 1 unspecified atom stereocenters. The minimum absolute atomic E-state index is 0.192. The molecule has 2 fully saturated rings. The summed E-state index contributed by atoms with van der Waals surface area (Å²) < 4.78 is 0. The third kappa shape index (κ3) is 4.31. The number of rotatable bonds is 6. The second-order valence-corrected chi connectivity index (χ2v) is 8.33. The lowest BCUT2D eigenvalue weighted by atomic mass is 10.0. The van der Waals surface area contributed by atoms with Gasteiger partial charge in [-0.3, -0.25) is 9.59 Å². The predicted octanol–water partition coefficient (Wildman–Crippen LogP) is 3.09. The Morgan fingerprint density at radius 1 is 1.00 bits per heavy atom. The van der Waals surface area contributed by atoms with Crippen LogP contribution in [0.1, 0.15) is 32.7 Å². The van der Waals surface area contributed by atoms with Gasteiger partial charge in [-0.25, -0.2) is 0 Å². The molecule has 2 aliphatic rings. The van der Waals surface area contributed by atoms with Crippen molar-refractivity contribution in [2.45, 2.75) is 6.42 Å². The molecule has 2 atom stereocenters. The molecule has 0 spiro atoms. The van der Waals surface area contributed by atoms with E-state index in [1.165, 1.54) is 5.56 Å². The molecule has 0 saturated carbocycles. The van der Waals surface area contributed by atoms with Crippen molar-refractivity contribution in [3.05, 3.63) is 76.7 Å². The monoisotopic (exact) mass is 410 g/mol. The summed E-state index contributed by atoms with van der Waals surface area (Å²) in [6.07, 6.45) is 3.29. The van der Waals surface area contributed by atoms with Gasteiger partial charge in [0.1, 0.15) is 0 Å². The fourth-order valence-electron chi connectivity index (χ4n) is 4.55. The van der Waals surface area contributed by atoms with Crippen molar-refractivity contribution in [1.82, 2.24) is 9.80 Å². The van der Waals surface area contributed by atoms with Gasteiger partial charge in [0, 0.05) is 26.2 Å². The highest BCUT2D eigenvalue weighted by atomic mass is 35.5. The van der Waals surface area contributed by atoms with Gasteiger partial charge >= 0.3 is 0 Å². The van der Waals surface area contributed by atoms with Crippen molar-refractivity contribution < 1.29 is 9.59 Å². The van der Waals surface area contributed by atoms with Crippen molar-refractivity contribution in [2.75, 3.05) is 32.7 Å². The second kappa shape index (κ2) is 8.56. The molecule has 0 bridgehead atoms. The van der Waals surface area contributed by atoms with E-state index in [9.17, 15) is 9.59 Å². The molecule has 5 nitrogen and oxygen atoms in total. The zero-order chi connectivity index (χ0) is 20.4. The maximum absolute atomic E-state index is 13.0. The van der Waals surface area contributed by atoms with Crippen molar-refractivity contribution in [1.29, 1.82) is 0 Å². The highest BCUT2D eigenvalue weighted by Gasteiger charge is 2.42. The van der Waals surface area contributed by atoms with Crippen LogP contribution in [0.15, 0.2) is 48.5 Å². The molecular weight excluding hydrogens is 386 g/mol. The third-order valence-corrected chi connectivity index (χ3v) is 6.28. The maximum atomic E-state index is 13.0. The molecular formula is C23H25ClN3O2. The number of carbonyl (C=O) groups is 2. The number of fused-ring (bicyclic) bond motifs is 1. The molecule has 2 heterocycles. The van der Waals surface area contributed by atoms with Crippen LogP contribution in [-0.4, -0.2) is 54.3 Å². The van der Waals surface area contributed by atoms with Gasteiger partial charge < -0.3 is 15.5 Å². The summed E-state index contributed by atoms with van der Waals surface area (Å²) >= 11 is 6.23. The number of halogens is 1. The minimum Gasteiger partial charge on any atom is -0.366 e. The van der Waals surface area contributed by atoms with Crippen molar-refractivity contribution >= 4 is 23.4 Å². The molecule has 0 aliphatic carbocycles. The van der Waals surface area contributed by atoms with Gasteiger partial charge in [-0.1, -0.05) is 48.0 Å². The van der Waals surface area contributed by atoms with E-state index < -0.39 is 5.91 Å². The van der Waals surface area contributed by atoms with Crippen LogP contribution in [-0.2, 0) is 0 Å². The van der Waals surface area contributed by atoms with Crippen LogP contribution in [0, 0.1) is 18.3 Å². The minimum atomic E-state index is -0.629. The van der Waals surface area contributed by atoms with Crippen LogP contribution >= 0.6 is 11.6 Å². The van der Waals surface area contributed by atoms with E-state index in [0.29, 0.717) is 24.9 Å². The molecule has 2 N–H and O–H groups in total. The normalized spacial score (nSPS) is 21.3. The Balaban J connectivity index is 1.32. The molecule has 4 rings (SSSR count). The predicted molar refractivity (Wildman–Crippen MR) is 114 cm³/mol. The Hall–Kier alpha value is -2.37.